The number of hydrogen-bond donors (Lipinski definition) is 6. The van der Waals surface area contributed by atoms with Gasteiger partial charge in [-0.3, -0.25) is 24.0 Å². The van der Waals surface area contributed by atoms with Gasteiger partial charge in [-0.2, -0.15) is 5.10 Å². The third-order valence-electron chi connectivity index (χ3n) is 11.3. The smallest absolute Gasteiger partial charge is 0.272 e. The molecule has 2 aromatic heterocycles. The van der Waals surface area contributed by atoms with Gasteiger partial charge in [0.05, 0.1) is 46.7 Å². The van der Waals surface area contributed by atoms with E-state index in [1.54, 1.807) is 28.0 Å². The molecule has 3 aromatic rings. The first-order valence-corrected chi connectivity index (χ1v) is 19.3. The van der Waals surface area contributed by atoms with Crippen LogP contribution in [0.15, 0.2) is 65.9 Å². The van der Waals surface area contributed by atoms with E-state index in [1.165, 1.54) is 6.08 Å². The Bertz CT molecular complexity index is 2080. The number of aromatic nitrogens is 3. The molecule has 16 heteroatoms. The van der Waals surface area contributed by atoms with Gasteiger partial charge < -0.3 is 42.3 Å². The minimum atomic E-state index is -1.87. The molecule has 2 saturated heterocycles. The van der Waals surface area contributed by atoms with Gasteiger partial charge in [0.2, 0.25) is 5.91 Å². The van der Waals surface area contributed by atoms with Crippen LogP contribution >= 0.6 is 0 Å². The van der Waals surface area contributed by atoms with Crippen LogP contribution in [-0.4, -0.2) is 94.5 Å². The minimum absolute atomic E-state index is 0.0401. The van der Waals surface area contributed by atoms with Crippen molar-refractivity contribution in [2.75, 3.05) is 43.4 Å². The number of pyridine rings is 1. The molecule has 2 radical (unpaired) electrons. The van der Waals surface area contributed by atoms with Gasteiger partial charge in [-0.05, 0) is 63.1 Å². The van der Waals surface area contributed by atoms with Gasteiger partial charge in [-0.15, -0.1) is 0 Å². The fourth-order valence-electron chi connectivity index (χ4n) is 7.86. The highest BCUT2D eigenvalue weighted by atomic mass is 16.3. The highest BCUT2D eigenvalue weighted by molar-refractivity contribution is 6.14. The van der Waals surface area contributed by atoms with Crippen LogP contribution in [0.4, 0.5) is 11.4 Å². The standard InChI is InChI=1S/C39H48BN11O4/c1-3-30-35-26(19-43-51(35)24-20-50(21-24)39(40,55)31-11-7-10-28(46-31)38(54)49-16-4-5-17-49)25-8-6-9-27(34(25)48(30)2)45-29(33(42)37(53)44-23-14-15-23)18-32(41)47-36(52)22-12-13-22/h6-11,18-19,22-24,30,45,55H,3-5,12-17,20-21,41-42H2,1-2H3,(H,44,53)(H,47,52)/b32-18+,33-29+/t30-,39?/m1/s1. The Morgan fingerprint density at radius 2 is 1.76 bits per heavy atom. The van der Waals surface area contributed by atoms with Gasteiger partial charge in [0, 0.05) is 62.4 Å². The molecule has 1 aromatic carbocycles. The summed E-state index contributed by atoms with van der Waals surface area (Å²) in [5.41, 5.74) is 16.2. The molecule has 5 aliphatic rings. The SMILES string of the molecule is [B]C(O)(c1cccc(C(=O)N2CCCC2)n1)N1CC(n2ncc3c2[C@@H](CC)N(C)c2c(NC(/C=C(\N)NC(=O)C4CC4)=C(/N)C(=O)NC4CC4)cccc2-3)C1. The first kappa shape index (κ1) is 36.6. The van der Waals surface area contributed by atoms with E-state index >= 15 is 0 Å². The van der Waals surface area contributed by atoms with Gasteiger partial charge in [0.1, 0.15) is 30.7 Å². The lowest BCUT2D eigenvalue weighted by Gasteiger charge is -2.49. The van der Waals surface area contributed by atoms with E-state index in [0.717, 1.165) is 67.5 Å². The summed E-state index contributed by atoms with van der Waals surface area (Å²) in [6, 6.07) is 10.9. The second-order valence-electron chi connectivity index (χ2n) is 15.4. The van der Waals surface area contributed by atoms with E-state index in [4.69, 9.17) is 24.4 Å². The fraction of sp³-hybridized carbons (Fsp3) is 0.462. The molecule has 55 heavy (non-hydrogen) atoms. The van der Waals surface area contributed by atoms with Gasteiger partial charge in [-0.25, -0.2) is 4.98 Å². The van der Waals surface area contributed by atoms with Gasteiger partial charge >= 0.3 is 0 Å². The number of anilines is 2. The number of carbonyl (C=O) groups excluding carboxylic acids is 3. The third-order valence-corrected chi connectivity index (χ3v) is 11.3. The van der Waals surface area contributed by atoms with E-state index in [-0.39, 0.29) is 64.5 Å². The van der Waals surface area contributed by atoms with Crippen molar-refractivity contribution in [1.29, 1.82) is 0 Å². The molecule has 4 fully saturated rings. The normalized spacial score (nSPS) is 21.5. The molecular formula is C39H48BN11O4. The van der Waals surface area contributed by atoms with Crippen LogP contribution < -0.4 is 32.3 Å². The van der Waals surface area contributed by atoms with Crippen LogP contribution in [0.3, 0.4) is 0 Å². The van der Waals surface area contributed by atoms with Crippen LogP contribution in [0.2, 0.25) is 0 Å². The zero-order chi connectivity index (χ0) is 38.6. The van der Waals surface area contributed by atoms with E-state index in [2.05, 4.69) is 32.8 Å². The molecule has 8 N–H and O–H groups in total. The first-order valence-electron chi connectivity index (χ1n) is 19.3. The quantitative estimate of drug-likeness (QED) is 0.0902. The minimum Gasteiger partial charge on any atom is -0.393 e. The van der Waals surface area contributed by atoms with Crippen molar-refractivity contribution in [3.8, 4) is 11.1 Å². The second kappa shape index (κ2) is 14.4. The largest absolute Gasteiger partial charge is 0.393 e. The van der Waals surface area contributed by atoms with Crippen molar-refractivity contribution in [2.45, 2.75) is 75.6 Å². The molecule has 3 aliphatic heterocycles. The summed E-state index contributed by atoms with van der Waals surface area (Å²) in [6.07, 6.45) is 9.54. The number of para-hydroxylation sites is 1. The van der Waals surface area contributed by atoms with Gasteiger partial charge in [0.25, 0.3) is 11.8 Å². The number of fused-ring (bicyclic) bond motifs is 3. The Morgan fingerprint density at radius 1 is 1.04 bits per heavy atom. The maximum atomic E-state index is 13.2. The molecule has 2 aliphatic carbocycles. The molecule has 15 nitrogen and oxygen atoms in total. The van der Waals surface area contributed by atoms with Crippen molar-refractivity contribution in [3.63, 3.8) is 0 Å². The van der Waals surface area contributed by atoms with E-state index in [9.17, 15) is 19.5 Å². The summed E-state index contributed by atoms with van der Waals surface area (Å²) in [7, 11) is 8.56. The van der Waals surface area contributed by atoms with Crippen LogP contribution in [0, 0.1) is 5.92 Å². The Kier molecular flexibility index (Phi) is 9.58. The maximum Gasteiger partial charge on any atom is 0.272 e. The van der Waals surface area contributed by atoms with Crippen molar-refractivity contribution < 1.29 is 19.5 Å². The van der Waals surface area contributed by atoms with Crippen LogP contribution in [0.5, 0.6) is 0 Å². The van der Waals surface area contributed by atoms with Crippen molar-refractivity contribution in [3.05, 3.63) is 83.0 Å². The summed E-state index contributed by atoms with van der Waals surface area (Å²) < 4.78 is 2.04. The number of rotatable bonds is 12. The van der Waals surface area contributed by atoms with E-state index in [1.807, 2.05) is 36.1 Å². The number of benzene rings is 1. The van der Waals surface area contributed by atoms with Crippen LogP contribution in [0.25, 0.3) is 11.1 Å². The molecule has 8 rings (SSSR count). The van der Waals surface area contributed by atoms with E-state index in [0.29, 0.717) is 31.9 Å². The van der Waals surface area contributed by atoms with Crippen molar-refractivity contribution in [1.82, 2.24) is 35.2 Å². The number of nitrogens with one attached hydrogen (secondary N) is 3. The summed E-state index contributed by atoms with van der Waals surface area (Å²) in [4.78, 5) is 48.9. The summed E-state index contributed by atoms with van der Waals surface area (Å²) in [6.45, 7) is 4.37. The lowest BCUT2D eigenvalue weighted by Crippen LogP contribution is -2.59. The number of likely N-dealkylation sites (tertiary alicyclic amines) is 2. The lowest BCUT2D eigenvalue weighted by atomic mass is 9.82. The number of nitrogens with two attached hydrogens (primary N) is 2. The van der Waals surface area contributed by atoms with Crippen molar-refractivity contribution in [2.24, 2.45) is 17.4 Å². The molecule has 5 heterocycles. The predicted molar refractivity (Wildman–Crippen MR) is 208 cm³/mol. The summed E-state index contributed by atoms with van der Waals surface area (Å²) >= 11 is 0. The van der Waals surface area contributed by atoms with E-state index < -0.39 is 11.5 Å². The highest BCUT2D eigenvalue weighted by Crippen LogP contribution is 2.50. The fourth-order valence-corrected chi connectivity index (χ4v) is 7.86. The maximum absolute atomic E-state index is 13.2. The monoisotopic (exact) mass is 745 g/mol. The molecule has 2 atom stereocenters. The van der Waals surface area contributed by atoms with Gasteiger partial charge in [-0.1, -0.05) is 25.1 Å². The molecule has 1 unspecified atom stereocenters. The zero-order valence-corrected chi connectivity index (χ0v) is 31.3. The number of amides is 3. The number of allylic oxidation sites excluding steroid dienone is 1. The Labute approximate surface area is 321 Å². The Hall–Kier alpha value is -5.35. The summed E-state index contributed by atoms with van der Waals surface area (Å²) in [5, 5.41) is 25.5. The second-order valence-corrected chi connectivity index (χ2v) is 15.4. The molecule has 0 bridgehead atoms. The van der Waals surface area contributed by atoms with Crippen molar-refractivity contribution >= 4 is 36.9 Å². The van der Waals surface area contributed by atoms with Crippen LogP contribution in [-0.2, 0) is 15.2 Å². The first-order chi connectivity index (χ1) is 26.4. The Morgan fingerprint density at radius 3 is 2.45 bits per heavy atom. The molecule has 2 saturated carbocycles. The predicted octanol–water partition coefficient (Wildman–Crippen LogP) is 2.10. The average molecular weight is 746 g/mol. The topological polar surface area (TPSA) is 200 Å². The number of hydrogen-bond acceptors (Lipinski definition) is 11. The number of nitrogens with zero attached hydrogens (tertiary/aromatic N) is 6. The molecule has 3 amide bonds. The molecular weight excluding hydrogens is 697 g/mol. The highest BCUT2D eigenvalue weighted by Gasteiger charge is 2.44. The van der Waals surface area contributed by atoms with Crippen LogP contribution in [0.1, 0.15) is 85.8 Å². The number of carbonyl (C=O) groups is 3. The average Bonchev–Trinajstić information content (AvgIpc) is 4.07. The van der Waals surface area contributed by atoms with Gasteiger partial charge in [0.15, 0.2) is 0 Å². The Balaban J connectivity index is 1.05. The number of aliphatic hydroxyl groups is 1. The third kappa shape index (κ3) is 7.04. The molecule has 286 valence electrons. The summed E-state index contributed by atoms with van der Waals surface area (Å²) in [5.74, 6) is -0.668. The molecule has 0 spiro atoms. The lowest BCUT2D eigenvalue weighted by molar-refractivity contribution is -0.121. The zero-order valence-electron chi connectivity index (χ0n) is 31.3.